The second-order valence-corrected chi connectivity index (χ2v) is 17.5. The molecule has 0 aliphatic heterocycles. The fraction of sp³-hybridized carbons (Fsp3) is 0. The zero-order valence-corrected chi connectivity index (χ0v) is 35.5. The molecule has 0 radical (unpaired) electrons. The zero-order valence-electron chi connectivity index (χ0n) is 34.7. The number of benzene rings is 10. The molecule has 3 aromatic heterocycles. The standard InChI is InChI=1S/C60H38N2OS/c1-2-15-39(16-3-1)40-31-33-43(34-32-40)61(44-19-12-17-41(35-44)47-25-14-26-52-50-23-6-10-29-57(50)63-59(47)52)46-37-53(60-54(38-46)51-24-7-11-30-58(51)64-60)42-18-13-20-45(36-42)62-55-27-8-4-21-48(55)49-22-5-9-28-56(49)62/h1-38H. The van der Waals surface area contributed by atoms with Gasteiger partial charge in [0.2, 0.25) is 0 Å². The number of fused-ring (bicyclic) bond motifs is 9. The van der Waals surface area contributed by atoms with Crippen molar-refractivity contribution in [3.63, 3.8) is 0 Å². The molecule has 0 fully saturated rings. The van der Waals surface area contributed by atoms with Crippen molar-refractivity contribution in [3.05, 3.63) is 231 Å². The van der Waals surface area contributed by atoms with Crippen LogP contribution in [0, 0.1) is 0 Å². The Hall–Kier alpha value is -8.18. The second-order valence-electron chi connectivity index (χ2n) is 16.5. The highest BCUT2D eigenvalue weighted by molar-refractivity contribution is 7.26. The molecule has 64 heavy (non-hydrogen) atoms. The lowest BCUT2D eigenvalue weighted by molar-refractivity contribution is 0.670. The molecule has 0 amide bonds. The molecular weight excluding hydrogens is 797 g/mol. The average molecular weight is 835 g/mol. The van der Waals surface area contributed by atoms with Gasteiger partial charge in [0.1, 0.15) is 11.2 Å². The fourth-order valence-corrected chi connectivity index (χ4v) is 11.1. The second kappa shape index (κ2) is 14.7. The number of hydrogen-bond donors (Lipinski definition) is 0. The van der Waals surface area contributed by atoms with Gasteiger partial charge in [0.15, 0.2) is 0 Å². The van der Waals surface area contributed by atoms with Gasteiger partial charge in [-0.25, -0.2) is 0 Å². The molecule has 300 valence electrons. The molecule has 13 aromatic rings. The molecule has 0 unspecified atom stereocenters. The van der Waals surface area contributed by atoms with E-state index >= 15 is 0 Å². The molecule has 0 saturated carbocycles. The highest BCUT2D eigenvalue weighted by Gasteiger charge is 2.21. The van der Waals surface area contributed by atoms with Crippen LogP contribution in [-0.4, -0.2) is 4.57 Å². The molecule has 3 nitrogen and oxygen atoms in total. The van der Waals surface area contributed by atoms with Crippen molar-refractivity contribution in [1.82, 2.24) is 4.57 Å². The molecule has 0 saturated heterocycles. The first-order valence-corrected chi connectivity index (χ1v) is 22.6. The minimum atomic E-state index is 0.896. The summed E-state index contributed by atoms with van der Waals surface area (Å²) in [7, 11) is 0. The van der Waals surface area contributed by atoms with E-state index in [-0.39, 0.29) is 0 Å². The van der Waals surface area contributed by atoms with E-state index in [0.29, 0.717) is 0 Å². The third-order valence-electron chi connectivity index (χ3n) is 12.8. The Labute approximate surface area is 373 Å². The van der Waals surface area contributed by atoms with Crippen molar-refractivity contribution >= 4 is 92.3 Å². The van der Waals surface area contributed by atoms with Crippen molar-refractivity contribution in [1.29, 1.82) is 0 Å². The quantitative estimate of drug-likeness (QED) is 0.159. The van der Waals surface area contributed by atoms with Crippen LogP contribution in [-0.2, 0) is 0 Å². The number of aromatic nitrogens is 1. The summed E-state index contributed by atoms with van der Waals surface area (Å²) in [5.41, 5.74) is 15.4. The molecular formula is C60H38N2OS. The van der Waals surface area contributed by atoms with Gasteiger partial charge in [-0.1, -0.05) is 158 Å². The van der Waals surface area contributed by atoms with E-state index in [2.05, 4.69) is 234 Å². The van der Waals surface area contributed by atoms with Crippen LogP contribution in [0.25, 0.3) is 103 Å². The van der Waals surface area contributed by atoms with Gasteiger partial charge in [0.25, 0.3) is 0 Å². The van der Waals surface area contributed by atoms with Gasteiger partial charge >= 0.3 is 0 Å². The maximum atomic E-state index is 6.58. The summed E-state index contributed by atoms with van der Waals surface area (Å²) in [5.74, 6) is 0. The van der Waals surface area contributed by atoms with Gasteiger partial charge in [-0.15, -0.1) is 11.3 Å². The van der Waals surface area contributed by atoms with Crippen LogP contribution in [0.3, 0.4) is 0 Å². The third-order valence-corrected chi connectivity index (χ3v) is 14.0. The molecule has 10 aromatic carbocycles. The Morgan fingerprint density at radius 3 is 1.77 bits per heavy atom. The van der Waals surface area contributed by atoms with Crippen LogP contribution in [0.15, 0.2) is 235 Å². The van der Waals surface area contributed by atoms with Gasteiger partial charge in [-0.05, 0) is 95.1 Å². The topological polar surface area (TPSA) is 21.3 Å². The first kappa shape index (κ1) is 36.5. The van der Waals surface area contributed by atoms with Crippen LogP contribution in [0.2, 0.25) is 0 Å². The van der Waals surface area contributed by atoms with Crippen molar-refractivity contribution in [2.75, 3.05) is 4.90 Å². The monoisotopic (exact) mass is 834 g/mol. The summed E-state index contributed by atoms with van der Waals surface area (Å²) in [5, 5.41) is 7.25. The minimum Gasteiger partial charge on any atom is -0.455 e. The lowest BCUT2D eigenvalue weighted by atomic mass is 9.99. The fourth-order valence-electron chi connectivity index (χ4n) is 9.84. The van der Waals surface area contributed by atoms with Crippen molar-refractivity contribution < 1.29 is 4.42 Å². The summed E-state index contributed by atoms with van der Waals surface area (Å²) in [6.07, 6.45) is 0. The maximum Gasteiger partial charge on any atom is 0.143 e. The van der Waals surface area contributed by atoms with Crippen molar-refractivity contribution in [3.8, 4) is 39.1 Å². The van der Waals surface area contributed by atoms with E-state index in [0.717, 1.165) is 55.8 Å². The molecule has 0 aliphatic rings. The van der Waals surface area contributed by atoms with E-state index in [9.17, 15) is 0 Å². The summed E-state index contributed by atoms with van der Waals surface area (Å²) in [4.78, 5) is 2.42. The summed E-state index contributed by atoms with van der Waals surface area (Å²) in [6, 6.07) is 83.5. The number of furan rings is 1. The summed E-state index contributed by atoms with van der Waals surface area (Å²) < 4.78 is 11.5. The highest BCUT2D eigenvalue weighted by atomic mass is 32.1. The van der Waals surface area contributed by atoms with Gasteiger partial charge in [0, 0.05) is 75.6 Å². The lowest BCUT2D eigenvalue weighted by Crippen LogP contribution is -2.10. The predicted molar refractivity (Wildman–Crippen MR) is 272 cm³/mol. The Morgan fingerprint density at radius 2 is 0.969 bits per heavy atom. The number of anilines is 3. The molecule has 0 bridgehead atoms. The molecule has 3 heterocycles. The summed E-state index contributed by atoms with van der Waals surface area (Å²) in [6.45, 7) is 0. The van der Waals surface area contributed by atoms with Crippen LogP contribution >= 0.6 is 11.3 Å². The third kappa shape index (κ3) is 5.88. The molecule has 0 spiro atoms. The molecule has 0 aliphatic carbocycles. The molecule has 4 heteroatoms. The van der Waals surface area contributed by atoms with Crippen LogP contribution < -0.4 is 4.90 Å². The Balaban J connectivity index is 1.04. The number of para-hydroxylation sites is 4. The predicted octanol–water partition coefficient (Wildman–Crippen LogP) is 17.5. The first-order valence-electron chi connectivity index (χ1n) is 21.7. The highest BCUT2D eigenvalue weighted by Crippen LogP contribution is 2.47. The normalized spacial score (nSPS) is 11.8. The van der Waals surface area contributed by atoms with Gasteiger partial charge in [-0.2, -0.15) is 0 Å². The number of nitrogens with zero attached hydrogens (tertiary/aromatic N) is 2. The van der Waals surface area contributed by atoms with Gasteiger partial charge < -0.3 is 13.9 Å². The molecule has 13 rings (SSSR count). The SMILES string of the molecule is c1ccc(-c2ccc(N(c3cccc(-c4cccc5c4oc4ccccc45)c3)c3cc(-c4cccc(-n5c6ccccc6c6ccccc65)c4)c4sc5ccccc5c4c3)cc2)cc1. The zero-order chi connectivity index (χ0) is 42.1. The molecule has 0 atom stereocenters. The number of thiophene rings is 1. The van der Waals surface area contributed by atoms with E-state index in [4.69, 9.17) is 4.42 Å². The number of rotatable bonds is 7. The van der Waals surface area contributed by atoms with Crippen LogP contribution in [0.5, 0.6) is 0 Å². The van der Waals surface area contributed by atoms with E-state index in [1.54, 1.807) is 0 Å². The smallest absolute Gasteiger partial charge is 0.143 e. The van der Waals surface area contributed by atoms with Crippen molar-refractivity contribution in [2.24, 2.45) is 0 Å². The van der Waals surface area contributed by atoms with Crippen molar-refractivity contribution in [2.45, 2.75) is 0 Å². The Morgan fingerprint density at radius 1 is 0.359 bits per heavy atom. The maximum absolute atomic E-state index is 6.58. The lowest BCUT2D eigenvalue weighted by Gasteiger charge is -2.27. The largest absolute Gasteiger partial charge is 0.455 e. The van der Waals surface area contributed by atoms with E-state index in [1.807, 2.05) is 17.4 Å². The van der Waals surface area contributed by atoms with Crippen LogP contribution in [0.1, 0.15) is 0 Å². The van der Waals surface area contributed by atoms with E-state index in [1.165, 1.54) is 64.2 Å². The summed E-state index contributed by atoms with van der Waals surface area (Å²) >= 11 is 1.87. The van der Waals surface area contributed by atoms with Crippen LogP contribution in [0.4, 0.5) is 17.1 Å². The number of hydrogen-bond acceptors (Lipinski definition) is 3. The Bertz CT molecular complexity index is 3860. The van der Waals surface area contributed by atoms with Gasteiger partial charge in [-0.3, -0.25) is 0 Å². The molecule has 0 N–H and O–H groups in total. The minimum absolute atomic E-state index is 0.896. The van der Waals surface area contributed by atoms with E-state index < -0.39 is 0 Å². The van der Waals surface area contributed by atoms with Gasteiger partial charge in [0.05, 0.1) is 11.0 Å². The average Bonchev–Trinajstić information content (AvgIpc) is 4.04. The Kier molecular flexibility index (Phi) is 8.40. The first-order chi connectivity index (χ1) is 31.7.